The maximum atomic E-state index is 11.9. The van der Waals surface area contributed by atoms with Gasteiger partial charge in [0.15, 0.2) is 0 Å². The number of aryl methyl sites for hydroxylation is 1. The fourth-order valence-corrected chi connectivity index (χ4v) is 5.41. The standard InChI is InChI=1S/C15H20O3S2/c1-20(17,18)9-10-2-5-15-12(6-10)7-13(19-15)8-14(16)11-3-4-11/h7,10-11H,2-6,8-9H2,1H3. The molecule has 1 aromatic rings. The van der Waals surface area contributed by atoms with Crippen molar-refractivity contribution >= 4 is 27.0 Å². The smallest absolute Gasteiger partial charge is 0.147 e. The highest BCUT2D eigenvalue weighted by Crippen LogP contribution is 2.35. The minimum Gasteiger partial charge on any atom is -0.299 e. The van der Waals surface area contributed by atoms with Crippen molar-refractivity contribution in [1.29, 1.82) is 0 Å². The van der Waals surface area contributed by atoms with Crippen molar-refractivity contribution < 1.29 is 13.2 Å². The molecule has 0 spiro atoms. The number of hydrogen-bond acceptors (Lipinski definition) is 4. The molecule has 1 saturated carbocycles. The van der Waals surface area contributed by atoms with Crippen LogP contribution in [-0.2, 0) is 33.9 Å². The fourth-order valence-electron chi connectivity index (χ4n) is 3.04. The Morgan fingerprint density at radius 1 is 1.35 bits per heavy atom. The topological polar surface area (TPSA) is 51.2 Å². The molecule has 1 atom stereocenters. The lowest BCUT2D eigenvalue weighted by Crippen LogP contribution is -2.21. The predicted octanol–water partition coefficient (Wildman–Crippen LogP) is 2.42. The van der Waals surface area contributed by atoms with Crippen LogP contribution in [0.2, 0.25) is 0 Å². The van der Waals surface area contributed by atoms with E-state index < -0.39 is 9.84 Å². The minimum atomic E-state index is -2.89. The Balaban J connectivity index is 1.67. The first-order valence-electron chi connectivity index (χ1n) is 7.21. The van der Waals surface area contributed by atoms with Gasteiger partial charge in [0, 0.05) is 28.3 Å². The van der Waals surface area contributed by atoms with Crippen molar-refractivity contribution in [2.24, 2.45) is 11.8 Å². The molecule has 0 N–H and O–H groups in total. The first-order chi connectivity index (χ1) is 9.40. The molecular formula is C15H20O3S2. The van der Waals surface area contributed by atoms with Crippen LogP contribution >= 0.6 is 11.3 Å². The molecule has 5 heteroatoms. The maximum Gasteiger partial charge on any atom is 0.147 e. The average Bonchev–Trinajstić information content (AvgIpc) is 3.09. The van der Waals surface area contributed by atoms with Gasteiger partial charge in [-0.1, -0.05) is 0 Å². The molecule has 2 aliphatic rings. The Kier molecular flexibility index (Phi) is 3.75. The van der Waals surface area contributed by atoms with Gasteiger partial charge in [0.2, 0.25) is 0 Å². The summed E-state index contributed by atoms with van der Waals surface area (Å²) in [6.45, 7) is 0. The lowest BCUT2D eigenvalue weighted by molar-refractivity contribution is -0.119. The van der Waals surface area contributed by atoms with Gasteiger partial charge in [-0.3, -0.25) is 4.79 Å². The molecule has 1 unspecified atom stereocenters. The molecule has 0 aliphatic heterocycles. The van der Waals surface area contributed by atoms with Crippen LogP contribution in [-0.4, -0.2) is 26.2 Å². The summed E-state index contributed by atoms with van der Waals surface area (Å²) >= 11 is 1.76. The van der Waals surface area contributed by atoms with Crippen LogP contribution in [0, 0.1) is 11.8 Å². The van der Waals surface area contributed by atoms with Gasteiger partial charge in [-0.25, -0.2) is 8.42 Å². The second-order valence-electron chi connectivity index (χ2n) is 6.28. The average molecular weight is 312 g/mol. The summed E-state index contributed by atoms with van der Waals surface area (Å²) in [5.41, 5.74) is 1.29. The zero-order chi connectivity index (χ0) is 14.3. The first kappa shape index (κ1) is 14.3. The van der Waals surface area contributed by atoms with E-state index in [1.165, 1.54) is 21.6 Å². The van der Waals surface area contributed by atoms with Crippen molar-refractivity contribution in [2.75, 3.05) is 12.0 Å². The highest BCUT2D eigenvalue weighted by molar-refractivity contribution is 7.90. The van der Waals surface area contributed by atoms with E-state index in [2.05, 4.69) is 6.07 Å². The van der Waals surface area contributed by atoms with E-state index in [-0.39, 0.29) is 5.92 Å². The van der Waals surface area contributed by atoms with Gasteiger partial charge >= 0.3 is 0 Å². The number of carbonyl (C=O) groups is 1. The number of carbonyl (C=O) groups excluding carboxylic acids is 1. The first-order valence-corrected chi connectivity index (χ1v) is 10.1. The summed E-state index contributed by atoms with van der Waals surface area (Å²) in [7, 11) is -2.89. The number of Topliss-reactive ketones (excluding diaryl/α,β-unsaturated/α-hetero) is 1. The van der Waals surface area contributed by atoms with Gasteiger partial charge in [0.05, 0.1) is 5.75 Å². The van der Waals surface area contributed by atoms with Crippen LogP contribution in [0.3, 0.4) is 0 Å². The molecule has 0 amide bonds. The van der Waals surface area contributed by atoms with Gasteiger partial charge in [0.1, 0.15) is 15.6 Å². The molecule has 2 aliphatic carbocycles. The van der Waals surface area contributed by atoms with E-state index in [0.29, 0.717) is 23.9 Å². The van der Waals surface area contributed by atoms with Crippen molar-refractivity contribution in [1.82, 2.24) is 0 Å². The van der Waals surface area contributed by atoms with Crippen molar-refractivity contribution in [2.45, 2.75) is 38.5 Å². The van der Waals surface area contributed by atoms with Crippen molar-refractivity contribution in [3.63, 3.8) is 0 Å². The molecule has 0 bridgehead atoms. The molecule has 110 valence electrons. The Morgan fingerprint density at radius 3 is 2.75 bits per heavy atom. The summed E-state index contributed by atoms with van der Waals surface area (Å²) in [5, 5.41) is 0. The van der Waals surface area contributed by atoms with E-state index in [4.69, 9.17) is 0 Å². The molecule has 3 rings (SSSR count). The lowest BCUT2D eigenvalue weighted by Gasteiger charge is -2.20. The summed E-state index contributed by atoms with van der Waals surface area (Å²) < 4.78 is 22.8. The maximum absolute atomic E-state index is 11.9. The predicted molar refractivity (Wildman–Crippen MR) is 81.0 cm³/mol. The summed E-state index contributed by atoms with van der Waals surface area (Å²) in [6, 6.07) is 2.15. The molecule has 3 nitrogen and oxygen atoms in total. The molecule has 1 fully saturated rings. The fraction of sp³-hybridized carbons (Fsp3) is 0.667. The molecule has 1 heterocycles. The number of hydrogen-bond donors (Lipinski definition) is 0. The Labute approximate surface area is 124 Å². The number of sulfone groups is 1. The molecule has 20 heavy (non-hydrogen) atoms. The largest absolute Gasteiger partial charge is 0.299 e. The molecular weight excluding hydrogens is 292 g/mol. The van der Waals surface area contributed by atoms with Crippen molar-refractivity contribution in [3.05, 3.63) is 21.4 Å². The Hall–Kier alpha value is -0.680. The van der Waals surface area contributed by atoms with Gasteiger partial charge in [-0.2, -0.15) is 0 Å². The second kappa shape index (κ2) is 5.26. The molecule has 0 saturated heterocycles. The molecule has 1 aromatic heterocycles. The molecule has 0 aromatic carbocycles. The highest BCUT2D eigenvalue weighted by atomic mass is 32.2. The Morgan fingerprint density at radius 2 is 2.10 bits per heavy atom. The van der Waals surface area contributed by atoms with E-state index in [1.54, 1.807) is 11.3 Å². The van der Waals surface area contributed by atoms with Crippen LogP contribution in [0.4, 0.5) is 0 Å². The van der Waals surface area contributed by atoms with E-state index in [0.717, 1.165) is 32.1 Å². The Bertz CT molecular complexity index is 624. The van der Waals surface area contributed by atoms with Gasteiger partial charge in [-0.15, -0.1) is 11.3 Å². The van der Waals surface area contributed by atoms with Crippen LogP contribution in [0.1, 0.15) is 34.6 Å². The number of thiophene rings is 1. The third-order valence-corrected chi connectivity index (χ3v) is 6.47. The third kappa shape index (κ3) is 3.50. The number of fused-ring (bicyclic) bond motifs is 1. The summed E-state index contributed by atoms with van der Waals surface area (Å²) in [5.74, 6) is 1.25. The second-order valence-corrected chi connectivity index (χ2v) is 9.69. The van der Waals surface area contributed by atoms with Gasteiger partial charge in [-0.05, 0) is 49.7 Å². The van der Waals surface area contributed by atoms with Crippen LogP contribution < -0.4 is 0 Å². The van der Waals surface area contributed by atoms with Crippen LogP contribution in [0.25, 0.3) is 0 Å². The lowest BCUT2D eigenvalue weighted by atomic mass is 9.90. The highest BCUT2D eigenvalue weighted by Gasteiger charge is 2.30. The minimum absolute atomic E-state index is 0.249. The zero-order valence-corrected chi connectivity index (χ0v) is 13.4. The monoisotopic (exact) mass is 312 g/mol. The van der Waals surface area contributed by atoms with E-state index >= 15 is 0 Å². The van der Waals surface area contributed by atoms with Gasteiger partial charge < -0.3 is 0 Å². The number of ketones is 1. The van der Waals surface area contributed by atoms with E-state index in [1.807, 2.05) is 0 Å². The number of rotatable bonds is 5. The summed E-state index contributed by atoms with van der Waals surface area (Å²) in [4.78, 5) is 14.4. The zero-order valence-electron chi connectivity index (χ0n) is 11.7. The van der Waals surface area contributed by atoms with E-state index in [9.17, 15) is 13.2 Å². The SMILES string of the molecule is CS(=O)(=O)CC1CCc2sc(CC(=O)C3CC3)cc2C1. The molecule has 0 radical (unpaired) electrons. The van der Waals surface area contributed by atoms with Crippen LogP contribution in [0.15, 0.2) is 6.07 Å². The van der Waals surface area contributed by atoms with Crippen LogP contribution in [0.5, 0.6) is 0 Å². The summed E-state index contributed by atoms with van der Waals surface area (Å²) in [6.07, 6.45) is 6.82. The normalized spacial score (nSPS) is 22.6. The van der Waals surface area contributed by atoms with Gasteiger partial charge in [0.25, 0.3) is 0 Å². The van der Waals surface area contributed by atoms with Crippen molar-refractivity contribution in [3.8, 4) is 0 Å². The quantitative estimate of drug-likeness (QED) is 0.839. The third-order valence-electron chi connectivity index (χ3n) is 4.16.